The molecule has 2 aromatic carbocycles. The van der Waals surface area contributed by atoms with Gasteiger partial charge in [-0.1, -0.05) is 48.2 Å². The minimum atomic E-state index is -2.43. The zero-order chi connectivity index (χ0) is 14.7. The second-order valence-corrected chi connectivity index (χ2v) is 5.82. The number of ether oxygens (including phenoxy) is 1. The third-order valence-corrected chi connectivity index (χ3v) is 4.19. The van der Waals surface area contributed by atoms with Gasteiger partial charge in [0.15, 0.2) is 0 Å². The molecule has 0 bridgehead atoms. The summed E-state index contributed by atoms with van der Waals surface area (Å²) in [4.78, 5) is 0.551. The number of anilines is 1. The number of nitrogens with one attached hydrogen (secondary N) is 1. The van der Waals surface area contributed by atoms with E-state index < -0.39 is 5.76 Å². The number of hydrogen-bond acceptors (Lipinski definition) is 3. The predicted octanol–water partition coefficient (Wildman–Crippen LogP) is 4.68. The van der Waals surface area contributed by atoms with Crippen LogP contribution in [-0.2, 0) is 11.3 Å². The van der Waals surface area contributed by atoms with Crippen LogP contribution in [0.3, 0.4) is 0 Å². The van der Waals surface area contributed by atoms with Crippen LogP contribution in [0.4, 0.5) is 14.5 Å². The number of thioether (sulfide) groups is 1. The van der Waals surface area contributed by atoms with E-state index in [0.717, 1.165) is 5.56 Å². The summed E-state index contributed by atoms with van der Waals surface area (Å²) in [6.07, 6.45) is 0. The van der Waals surface area contributed by atoms with Crippen molar-refractivity contribution in [2.75, 3.05) is 11.9 Å². The maximum Gasteiger partial charge on any atom is 0.288 e. The first-order valence-corrected chi connectivity index (χ1v) is 7.58. The average molecular weight is 307 g/mol. The van der Waals surface area contributed by atoms with Gasteiger partial charge in [0.1, 0.15) is 0 Å². The fraction of sp³-hybridized carbons (Fsp3) is 0.250. The first-order valence-electron chi connectivity index (χ1n) is 6.70. The van der Waals surface area contributed by atoms with Gasteiger partial charge in [-0.15, -0.1) is 0 Å². The molecule has 5 heteroatoms. The van der Waals surface area contributed by atoms with Crippen LogP contribution in [0.2, 0.25) is 0 Å². The van der Waals surface area contributed by atoms with Gasteiger partial charge >= 0.3 is 0 Å². The van der Waals surface area contributed by atoms with Crippen LogP contribution in [0.25, 0.3) is 0 Å². The fourth-order valence-corrected chi connectivity index (χ4v) is 3.08. The van der Waals surface area contributed by atoms with Gasteiger partial charge in [-0.05, 0) is 23.3 Å². The van der Waals surface area contributed by atoms with Gasteiger partial charge in [0.2, 0.25) is 0 Å². The summed E-state index contributed by atoms with van der Waals surface area (Å²) in [7, 11) is 0. The van der Waals surface area contributed by atoms with Crippen molar-refractivity contribution in [3.05, 3.63) is 59.7 Å². The Balaban J connectivity index is 1.85. The molecule has 0 saturated carbocycles. The molecule has 0 fully saturated rings. The lowest BCUT2D eigenvalue weighted by atomic mass is 9.99. The molecule has 1 N–H and O–H groups in total. The maximum atomic E-state index is 12.6. The number of halogens is 2. The zero-order valence-electron chi connectivity index (χ0n) is 11.3. The molecule has 1 heterocycles. The van der Waals surface area contributed by atoms with E-state index in [1.54, 1.807) is 12.1 Å². The first-order chi connectivity index (χ1) is 10.2. The van der Waals surface area contributed by atoms with Gasteiger partial charge in [0.05, 0.1) is 19.3 Å². The number of alkyl halides is 2. The van der Waals surface area contributed by atoms with E-state index in [0.29, 0.717) is 35.6 Å². The highest BCUT2D eigenvalue weighted by molar-refractivity contribution is 7.99. The van der Waals surface area contributed by atoms with Crippen LogP contribution in [0, 0.1) is 0 Å². The van der Waals surface area contributed by atoms with Crippen molar-refractivity contribution >= 4 is 17.4 Å². The Morgan fingerprint density at radius 2 is 1.86 bits per heavy atom. The summed E-state index contributed by atoms with van der Waals surface area (Å²) in [6.45, 7) is 1.13. The molecule has 21 heavy (non-hydrogen) atoms. The summed E-state index contributed by atoms with van der Waals surface area (Å²) in [5, 5.41) is 3.33. The number of benzene rings is 2. The van der Waals surface area contributed by atoms with Gasteiger partial charge in [-0.2, -0.15) is 8.78 Å². The molecule has 3 rings (SSSR count). The van der Waals surface area contributed by atoms with Crippen LogP contribution in [0.5, 0.6) is 0 Å². The zero-order valence-corrected chi connectivity index (χ0v) is 12.1. The minimum absolute atomic E-state index is 0.0191. The highest BCUT2D eigenvalue weighted by Crippen LogP contribution is 2.35. The van der Waals surface area contributed by atoms with Crippen molar-refractivity contribution in [2.45, 2.75) is 23.3 Å². The van der Waals surface area contributed by atoms with Gasteiger partial charge < -0.3 is 10.1 Å². The quantitative estimate of drug-likeness (QED) is 0.828. The minimum Gasteiger partial charge on any atom is -0.375 e. The summed E-state index contributed by atoms with van der Waals surface area (Å²) in [6, 6.07) is 15.2. The highest BCUT2D eigenvalue weighted by Gasteiger charge is 2.21. The molecule has 1 aliphatic rings. The molecule has 0 radical (unpaired) electrons. The van der Waals surface area contributed by atoms with Crippen LogP contribution in [0.15, 0.2) is 53.4 Å². The standard InChI is InChI=1S/C16H15F2NOS/c17-16(18)21-15-8-4-3-7-13(15)19-14-10-20-9-11-5-1-2-6-12(11)14/h1-8,14,16,19H,9-10H2. The third kappa shape index (κ3) is 3.36. The topological polar surface area (TPSA) is 21.3 Å². The summed E-state index contributed by atoms with van der Waals surface area (Å²) >= 11 is 0.558. The Hall–Kier alpha value is -1.59. The molecule has 0 saturated heterocycles. The normalized spacial score (nSPS) is 17.6. The smallest absolute Gasteiger partial charge is 0.288 e. The lowest BCUT2D eigenvalue weighted by Gasteiger charge is -2.28. The Bertz CT molecular complexity index is 621. The molecular formula is C16H15F2NOS. The SMILES string of the molecule is FC(F)Sc1ccccc1NC1COCc2ccccc21. The molecule has 0 amide bonds. The fourth-order valence-electron chi connectivity index (χ4n) is 2.47. The van der Waals surface area contributed by atoms with Crippen molar-refractivity contribution in [2.24, 2.45) is 0 Å². The summed E-state index contributed by atoms with van der Waals surface area (Å²) in [5.74, 6) is -2.43. The Labute approximate surface area is 126 Å². The van der Waals surface area contributed by atoms with Crippen molar-refractivity contribution in [1.29, 1.82) is 0 Å². The Morgan fingerprint density at radius 1 is 1.10 bits per heavy atom. The van der Waals surface area contributed by atoms with E-state index in [1.165, 1.54) is 5.56 Å². The number of hydrogen-bond donors (Lipinski definition) is 1. The van der Waals surface area contributed by atoms with Crippen molar-refractivity contribution in [3.8, 4) is 0 Å². The van der Waals surface area contributed by atoms with Crippen LogP contribution in [-0.4, -0.2) is 12.4 Å². The largest absolute Gasteiger partial charge is 0.375 e. The van der Waals surface area contributed by atoms with E-state index in [4.69, 9.17) is 4.74 Å². The van der Waals surface area contributed by atoms with Crippen molar-refractivity contribution in [3.63, 3.8) is 0 Å². The van der Waals surface area contributed by atoms with Gasteiger partial charge in [-0.3, -0.25) is 0 Å². The van der Waals surface area contributed by atoms with Gasteiger partial charge in [0, 0.05) is 10.6 Å². The monoisotopic (exact) mass is 307 g/mol. The van der Waals surface area contributed by atoms with E-state index in [1.807, 2.05) is 30.3 Å². The lowest BCUT2D eigenvalue weighted by Crippen LogP contribution is -2.23. The molecule has 0 spiro atoms. The average Bonchev–Trinajstić information content (AvgIpc) is 2.49. The molecule has 110 valence electrons. The molecule has 0 aromatic heterocycles. The number of para-hydroxylation sites is 1. The third-order valence-electron chi connectivity index (χ3n) is 3.41. The molecule has 1 atom stereocenters. The highest BCUT2D eigenvalue weighted by atomic mass is 32.2. The van der Waals surface area contributed by atoms with Crippen molar-refractivity contribution < 1.29 is 13.5 Å². The van der Waals surface area contributed by atoms with Gasteiger partial charge in [-0.25, -0.2) is 0 Å². The molecule has 1 aliphatic heterocycles. The maximum absolute atomic E-state index is 12.6. The van der Waals surface area contributed by atoms with Gasteiger partial charge in [0.25, 0.3) is 5.76 Å². The molecule has 1 unspecified atom stereocenters. The summed E-state index contributed by atoms with van der Waals surface area (Å²) in [5.41, 5.74) is 3.02. The van der Waals surface area contributed by atoms with E-state index in [2.05, 4.69) is 11.4 Å². The second kappa shape index (κ2) is 6.45. The molecular weight excluding hydrogens is 292 g/mol. The van der Waals surface area contributed by atoms with E-state index >= 15 is 0 Å². The number of fused-ring (bicyclic) bond motifs is 1. The first kappa shape index (κ1) is 14.4. The van der Waals surface area contributed by atoms with E-state index in [-0.39, 0.29) is 6.04 Å². The molecule has 2 nitrogen and oxygen atoms in total. The van der Waals surface area contributed by atoms with Crippen molar-refractivity contribution in [1.82, 2.24) is 0 Å². The van der Waals surface area contributed by atoms with Crippen LogP contribution < -0.4 is 5.32 Å². The molecule has 2 aromatic rings. The second-order valence-electron chi connectivity index (χ2n) is 4.79. The van der Waals surface area contributed by atoms with E-state index in [9.17, 15) is 8.78 Å². The lowest BCUT2D eigenvalue weighted by molar-refractivity contribution is 0.0969. The predicted molar refractivity (Wildman–Crippen MR) is 80.8 cm³/mol. The van der Waals surface area contributed by atoms with Crippen LogP contribution >= 0.6 is 11.8 Å². The Morgan fingerprint density at radius 3 is 2.71 bits per heavy atom. The molecule has 0 aliphatic carbocycles. The Kier molecular flexibility index (Phi) is 4.41. The summed E-state index contributed by atoms with van der Waals surface area (Å²) < 4.78 is 30.8. The number of rotatable bonds is 4. The van der Waals surface area contributed by atoms with Crippen LogP contribution in [0.1, 0.15) is 17.2 Å².